The summed E-state index contributed by atoms with van der Waals surface area (Å²) in [5.41, 5.74) is 0. The average molecular weight is 602 g/mol. The molecular formula is C24H56P2Pt-2. The molecule has 0 bridgehead atoms. The molecule has 0 saturated heterocycles. The number of hydrogen-bond acceptors (Lipinski definition) is 0. The van der Waals surface area contributed by atoms with E-state index in [9.17, 15) is 0 Å². The SMILES string of the molecule is CC(C)(C)[PH]([Pt-2][PH](C(C)(C)C)(C(C)(C)C)C(C)(C)C)(C(C)(C)C)C(C)(C)C. The van der Waals surface area contributed by atoms with Crippen LogP contribution in [0.5, 0.6) is 0 Å². The minimum atomic E-state index is -1.69. The van der Waals surface area contributed by atoms with E-state index in [1.165, 1.54) is 0 Å². The quantitative estimate of drug-likeness (QED) is 0.277. The molecule has 0 spiro atoms. The van der Waals surface area contributed by atoms with Crippen LogP contribution in [0.3, 0.4) is 0 Å². The van der Waals surface area contributed by atoms with Crippen molar-refractivity contribution in [3.63, 3.8) is 0 Å². The average Bonchev–Trinajstić information content (AvgIpc) is 2.16. The van der Waals surface area contributed by atoms with Crippen molar-refractivity contribution in [1.82, 2.24) is 0 Å². The van der Waals surface area contributed by atoms with E-state index in [4.69, 9.17) is 0 Å². The van der Waals surface area contributed by atoms with Gasteiger partial charge in [0.1, 0.15) is 0 Å². The molecule has 0 aromatic carbocycles. The van der Waals surface area contributed by atoms with Crippen LogP contribution in [-0.2, 0) is 17.5 Å². The van der Waals surface area contributed by atoms with Gasteiger partial charge < -0.3 is 0 Å². The molecule has 0 nitrogen and oxygen atoms in total. The minimum absolute atomic E-state index is 0.0440. The fraction of sp³-hybridized carbons (Fsp3) is 1.00. The van der Waals surface area contributed by atoms with Crippen molar-refractivity contribution in [1.29, 1.82) is 0 Å². The normalized spacial score (nSPS) is 18.0. The Labute approximate surface area is 183 Å². The van der Waals surface area contributed by atoms with Gasteiger partial charge in [-0.2, -0.15) is 0 Å². The van der Waals surface area contributed by atoms with E-state index in [0.29, 0.717) is 30.9 Å². The van der Waals surface area contributed by atoms with E-state index in [2.05, 4.69) is 125 Å². The summed E-state index contributed by atoms with van der Waals surface area (Å²) in [7, 11) is 0. The Morgan fingerprint density at radius 3 is 0.481 bits per heavy atom. The zero-order chi connectivity index (χ0) is 22.7. The molecule has 0 aromatic heterocycles. The first-order chi connectivity index (χ1) is 11.2. The first-order valence-electron chi connectivity index (χ1n) is 10.8. The van der Waals surface area contributed by atoms with Crippen LogP contribution in [0.2, 0.25) is 0 Å². The molecule has 27 heavy (non-hydrogen) atoms. The Balaban J connectivity index is 7.45. The molecule has 0 aromatic rings. The second-order valence-corrected chi connectivity index (χ2v) is 42.2. The molecule has 0 aliphatic carbocycles. The maximum absolute atomic E-state index is 2.60. The summed E-state index contributed by atoms with van der Waals surface area (Å²) in [6, 6.07) is 0. The van der Waals surface area contributed by atoms with Gasteiger partial charge in [0.2, 0.25) is 0 Å². The molecule has 0 rings (SSSR count). The predicted octanol–water partition coefficient (Wildman–Crippen LogP) is 9.19. The van der Waals surface area contributed by atoms with E-state index in [1.54, 1.807) is 0 Å². The van der Waals surface area contributed by atoms with E-state index < -0.39 is 10.7 Å². The topological polar surface area (TPSA) is 0 Å². The van der Waals surface area contributed by atoms with Crippen LogP contribution >= 0.6 is 10.7 Å². The molecule has 0 N–H and O–H groups in total. The van der Waals surface area contributed by atoms with Gasteiger partial charge in [-0.25, -0.2) is 0 Å². The third-order valence-corrected chi connectivity index (χ3v) is 65.9. The first kappa shape index (κ1) is 28.5. The van der Waals surface area contributed by atoms with Gasteiger partial charge in [-0.15, -0.1) is 0 Å². The van der Waals surface area contributed by atoms with Crippen LogP contribution in [0.1, 0.15) is 125 Å². The summed E-state index contributed by atoms with van der Waals surface area (Å²) < 4.78 is 0. The molecule has 0 radical (unpaired) electrons. The zero-order valence-corrected chi connectivity index (χ0v) is 26.6. The van der Waals surface area contributed by atoms with Gasteiger partial charge in [-0.05, 0) is 0 Å². The maximum atomic E-state index is 2.60. The Kier molecular flexibility index (Phi) is 8.03. The summed E-state index contributed by atoms with van der Waals surface area (Å²) in [5, 5.41) is -0.901. The van der Waals surface area contributed by atoms with Crippen LogP contribution in [0, 0.1) is 0 Å². The molecule has 0 aliphatic rings. The van der Waals surface area contributed by atoms with Crippen molar-refractivity contribution in [2.45, 2.75) is 156 Å². The van der Waals surface area contributed by atoms with Gasteiger partial charge in [-0.3, -0.25) is 0 Å². The van der Waals surface area contributed by atoms with Crippen LogP contribution in [0.15, 0.2) is 0 Å². The molecule has 0 heterocycles. The van der Waals surface area contributed by atoms with Crippen LogP contribution in [0.25, 0.3) is 0 Å². The molecule has 0 saturated carbocycles. The van der Waals surface area contributed by atoms with Crippen molar-refractivity contribution in [2.75, 3.05) is 0 Å². The Morgan fingerprint density at radius 2 is 0.407 bits per heavy atom. The monoisotopic (exact) mass is 601 g/mol. The second kappa shape index (κ2) is 7.60. The molecule has 0 aliphatic heterocycles. The fourth-order valence-electron chi connectivity index (χ4n) is 7.64. The van der Waals surface area contributed by atoms with E-state index in [-0.39, 0.29) is 17.5 Å². The van der Waals surface area contributed by atoms with Crippen molar-refractivity contribution < 1.29 is 17.5 Å². The first-order valence-corrected chi connectivity index (χ1v) is 21.3. The van der Waals surface area contributed by atoms with Gasteiger partial charge in [0.25, 0.3) is 0 Å². The molecule has 3 heteroatoms. The van der Waals surface area contributed by atoms with Crippen LogP contribution in [-0.4, -0.2) is 30.9 Å². The van der Waals surface area contributed by atoms with E-state index >= 15 is 0 Å². The van der Waals surface area contributed by atoms with Gasteiger partial charge >= 0.3 is 184 Å². The Bertz CT molecular complexity index is 385. The molecule has 0 fully saturated rings. The van der Waals surface area contributed by atoms with Crippen LogP contribution < -0.4 is 0 Å². The second-order valence-electron chi connectivity index (χ2n) is 14.8. The summed E-state index contributed by atoms with van der Waals surface area (Å²) in [5.74, 6) is 0. The van der Waals surface area contributed by atoms with Gasteiger partial charge in [0, 0.05) is 0 Å². The summed E-state index contributed by atoms with van der Waals surface area (Å²) >= 11 is 0.0440. The summed E-state index contributed by atoms with van der Waals surface area (Å²) in [6.45, 7) is 46.8. The molecule has 0 amide bonds. The van der Waals surface area contributed by atoms with Crippen LogP contribution in [0.4, 0.5) is 0 Å². The van der Waals surface area contributed by atoms with Crippen molar-refractivity contribution in [3.8, 4) is 0 Å². The Morgan fingerprint density at radius 1 is 0.296 bits per heavy atom. The molecule has 0 unspecified atom stereocenters. The zero-order valence-electron chi connectivity index (χ0n) is 22.3. The van der Waals surface area contributed by atoms with Gasteiger partial charge in [0.15, 0.2) is 0 Å². The standard InChI is InChI=1S/2C12H27P.Pt/c2*1-10(2,3)13(11(4,5)6)12(7,8)9;/h2*1-9H3;/q;;-4/p+2. The Hall–Kier alpha value is 1.55. The molecular weight excluding hydrogens is 545 g/mol. The molecule has 174 valence electrons. The predicted molar refractivity (Wildman–Crippen MR) is 135 cm³/mol. The van der Waals surface area contributed by atoms with Crippen molar-refractivity contribution in [2.24, 2.45) is 0 Å². The summed E-state index contributed by atoms with van der Waals surface area (Å²) in [4.78, 5) is 0. The van der Waals surface area contributed by atoms with Crippen molar-refractivity contribution >= 4 is 10.7 Å². The third kappa shape index (κ3) is 4.75. The fourth-order valence-corrected chi connectivity index (χ4v) is 85.8. The number of hydrogen-bond donors (Lipinski definition) is 0. The van der Waals surface area contributed by atoms with E-state index in [1.807, 2.05) is 0 Å². The van der Waals surface area contributed by atoms with E-state index in [0.717, 1.165) is 0 Å². The summed E-state index contributed by atoms with van der Waals surface area (Å²) in [6.07, 6.45) is 0. The third-order valence-electron chi connectivity index (χ3n) is 6.16. The number of rotatable bonds is 2. The van der Waals surface area contributed by atoms with Crippen molar-refractivity contribution in [3.05, 3.63) is 0 Å². The van der Waals surface area contributed by atoms with Gasteiger partial charge in [0.05, 0.1) is 0 Å². The molecule has 0 atom stereocenters. The van der Waals surface area contributed by atoms with Gasteiger partial charge in [-0.1, -0.05) is 0 Å².